The second-order valence-electron chi connectivity index (χ2n) is 3.11. The van der Waals surface area contributed by atoms with E-state index in [1.807, 2.05) is 0 Å². The Kier molecular flexibility index (Phi) is 2.67. The average Bonchev–Trinajstić information content (AvgIpc) is 1.96. The second-order valence-corrected chi connectivity index (χ2v) is 3.84. The van der Waals surface area contributed by atoms with Crippen LogP contribution in [-0.4, -0.2) is 28.5 Å². The summed E-state index contributed by atoms with van der Waals surface area (Å²) < 4.78 is 2.18. The number of rotatable bonds is 1. The molecule has 0 aromatic rings. The molecule has 0 saturated carbocycles. The number of hydrogen-bond donors (Lipinski definition) is 1. The molecule has 1 heterocycles. The van der Waals surface area contributed by atoms with Crippen molar-refractivity contribution in [2.24, 2.45) is 0 Å². The molecule has 1 saturated heterocycles. The first-order valence-electron chi connectivity index (χ1n) is 3.88. The van der Waals surface area contributed by atoms with Crippen molar-refractivity contribution < 1.29 is 5.11 Å². The molecule has 0 aromatic carbocycles. The number of aliphatic hydroxyl groups is 1. The zero-order valence-corrected chi connectivity index (χ0v) is 7.66. The summed E-state index contributed by atoms with van der Waals surface area (Å²) >= 11 is 0. The van der Waals surface area contributed by atoms with Crippen LogP contribution in [0.15, 0.2) is 0 Å². The van der Waals surface area contributed by atoms with E-state index in [1.54, 1.807) is 0 Å². The van der Waals surface area contributed by atoms with Gasteiger partial charge < -0.3 is 5.11 Å². The first kappa shape index (κ1) is 8.45. The Hall–Kier alpha value is 0.350. The van der Waals surface area contributed by atoms with Gasteiger partial charge in [0.15, 0.2) is 0 Å². The van der Waals surface area contributed by atoms with E-state index in [9.17, 15) is 5.11 Å². The smallest absolute Gasteiger partial charge is 0.0669 e. The summed E-state index contributed by atoms with van der Waals surface area (Å²) in [6, 6.07) is 0. The Morgan fingerprint density at radius 3 is 2.40 bits per heavy atom. The lowest BCUT2D eigenvalue weighted by atomic mass is 9.90. The van der Waals surface area contributed by atoms with Crippen LogP contribution in [0.4, 0.5) is 0 Å². The van der Waals surface area contributed by atoms with Gasteiger partial charge in [0.1, 0.15) is 0 Å². The largest absolute Gasteiger partial charge is 0.390 e. The zero-order valence-electron chi connectivity index (χ0n) is 6.51. The molecule has 0 spiro atoms. The van der Waals surface area contributed by atoms with Crippen molar-refractivity contribution in [2.45, 2.75) is 31.8 Å². The van der Waals surface area contributed by atoms with Crippen molar-refractivity contribution >= 4 is 9.39 Å². The molecule has 10 heavy (non-hydrogen) atoms. The van der Waals surface area contributed by atoms with E-state index in [1.165, 1.54) is 0 Å². The van der Waals surface area contributed by atoms with Gasteiger partial charge in [-0.3, -0.25) is 4.67 Å². The van der Waals surface area contributed by atoms with Crippen molar-refractivity contribution in [1.29, 1.82) is 0 Å². The van der Waals surface area contributed by atoms with Crippen molar-refractivity contribution in [2.75, 3.05) is 13.1 Å². The van der Waals surface area contributed by atoms with Gasteiger partial charge >= 0.3 is 0 Å². The van der Waals surface area contributed by atoms with Crippen LogP contribution < -0.4 is 0 Å². The highest BCUT2D eigenvalue weighted by Crippen LogP contribution is 2.26. The molecule has 0 radical (unpaired) electrons. The van der Waals surface area contributed by atoms with Crippen molar-refractivity contribution in [3.8, 4) is 0 Å². The summed E-state index contributed by atoms with van der Waals surface area (Å²) in [6.07, 6.45) is 2.74. The fourth-order valence-electron chi connectivity index (χ4n) is 1.29. The summed E-state index contributed by atoms with van der Waals surface area (Å²) in [7, 11) is 2.68. The van der Waals surface area contributed by atoms with Gasteiger partial charge in [-0.15, -0.1) is 0 Å². The first-order valence-corrected chi connectivity index (χ1v) is 4.40. The highest BCUT2D eigenvalue weighted by molar-refractivity contribution is 7.13. The van der Waals surface area contributed by atoms with Gasteiger partial charge in [0.05, 0.1) is 5.60 Å². The molecule has 1 atom stereocenters. The third-order valence-electron chi connectivity index (χ3n) is 2.39. The van der Waals surface area contributed by atoms with Gasteiger partial charge in [-0.05, 0) is 19.3 Å². The first-order chi connectivity index (χ1) is 4.66. The standard InChI is InChI=1S/C7H16NOP/c1-2-7(9)3-5-8(10)6-4-7/h9H,2-6,10H2,1H3. The van der Waals surface area contributed by atoms with E-state index < -0.39 is 0 Å². The molecule has 0 amide bonds. The normalized spacial score (nSPS) is 26.7. The van der Waals surface area contributed by atoms with Gasteiger partial charge in [-0.25, -0.2) is 0 Å². The highest BCUT2D eigenvalue weighted by atomic mass is 31.0. The second kappa shape index (κ2) is 3.17. The minimum atomic E-state index is -0.354. The highest BCUT2D eigenvalue weighted by Gasteiger charge is 2.28. The van der Waals surface area contributed by atoms with E-state index in [4.69, 9.17) is 0 Å². The molecule has 1 rings (SSSR count). The Bertz CT molecular complexity index is 110. The maximum atomic E-state index is 9.76. The SMILES string of the molecule is CCC1(O)CCN(P)CC1. The van der Waals surface area contributed by atoms with E-state index >= 15 is 0 Å². The van der Waals surface area contributed by atoms with Crippen LogP contribution in [0, 0.1) is 0 Å². The van der Waals surface area contributed by atoms with Gasteiger partial charge in [0, 0.05) is 13.1 Å². The number of piperidine rings is 1. The van der Waals surface area contributed by atoms with Crippen LogP contribution in [0.5, 0.6) is 0 Å². The molecule has 1 aliphatic rings. The predicted molar refractivity (Wildman–Crippen MR) is 45.8 cm³/mol. The lowest BCUT2D eigenvalue weighted by Crippen LogP contribution is -2.39. The molecule has 1 N–H and O–H groups in total. The van der Waals surface area contributed by atoms with Crippen molar-refractivity contribution in [3.05, 3.63) is 0 Å². The molecule has 0 aromatic heterocycles. The fourth-order valence-corrected chi connectivity index (χ4v) is 1.55. The Morgan fingerprint density at radius 1 is 1.50 bits per heavy atom. The molecule has 1 unspecified atom stereocenters. The van der Waals surface area contributed by atoms with Crippen LogP contribution in [0.25, 0.3) is 0 Å². The monoisotopic (exact) mass is 161 g/mol. The van der Waals surface area contributed by atoms with Crippen molar-refractivity contribution in [1.82, 2.24) is 4.67 Å². The minimum absolute atomic E-state index is 0.354. The van der Waals surface area contributed by atoms with Gasteiger partial charge in [0.2, 0.25) is 0 Å². The lowest BCUT2D eigenvalue weighted by molar-refractivity contribution is -0.00670. The molecular weight excluding hydrogens is 145 g/mol. The molecular formula is C7H16NOP. The third-order valence-corrected chi connectivity index (χ3v) is 2.90. The molecule has 1 fully saturated rings. The summed E-state index contributed by atoms with van der Waals surface area (Å²) in [5.41, 5.74) is -0.354. The van der Waals surface area contributed by atoms with E-state index in [-0.39, 0.29) is 5.60 Å². The predicted octanol–water partition coefficient (Wildman–Crippen LogP) is 1.01. The quantitative estimate of drug-likeness (QED) is 0.580. The van der Waals surface area contributed by atoms with Crippen LogP contribution in [0.1, 0.15) is 26.2 Å². The summed E-state index contributed by atoms with van der Waals surface area (Å²) in [4.78, 5) is 0. The topological polar surface area (TPSA) is 23.5 Å². The Morgan fingerprint density at radius 2 is 2.00 bits per heavy atom. The summed E-state index contributed by atoms with van der Waals surface area (Å²) in [5.74, 6) is 0. The lowest BCUT2D eigenvalue weighted by Gasteiger charge is -2.35. The van der Waals surface area contributed by atoms with Crippen LogP contribution in [-0.2, 0) is 0 Å². The molecule has 0 aliphatic carbocycles. The number of hydrogen-bond acceptors (Lipinski definition) is 2. The van der Waals surface area contributed by atoms with E-state index in [2.05, 4.69) is 21.0 Å². The zero-order chi connectivity index (χ0) is 7.61. The fraction of sp³-hybridized carbons (Fsp3) is 1.00. The van der Waals surface area contributed by atoms with Gasteiger partial charge in [0.25, 0.3) is 0 Å². The molecule has 3 heteroatoms. The average molecular weight is 161 g/mol. The van der Waals surface area contributed by atoms with Crippen LogP contribution in [0.3, 0.4) is 0 Å². The maximum Gasteiger partial charge on any atom is 0.0669 e. The van der Waals surface area contributed by atoms with Crippen LogP contribution >= 0.6 is 9.39 Å². The molecule has 0 bridgehead atoms. The minimum Gasteiger partial charge on any atom is -0.390 e. The Balaban J connectivity index is 2.38. The molecule has 60 valence electrons. The van der Waals surface area contributed by atoms with Crippen LogP contribution in [0.2, 0.25) is 0 Å². The van der Waals surface area contributed by atoms with Gasteiger partial charge in [-0.2, -0.15) is 0 Å². The number of nitrogens with zero attached hydrogens (tertiary/aromatic N) is 1. The summed E-state index contributed by atoms with van der Waals surface area (Å²) in [5, 5.41) is 9.76. The van der Waals surface area contributed by atoms with Gasteiger partial charge in [-0.1, -0.05) is 16.3 Å². The third kappa shape index (κ3) is 1.91. The Labute approximate surface area is 64.9 Å². The summed E-state index contributed by atoms with van der Waals surface area (Å²) in [6.45, 7) is 4.07. The van der Waals surface area contributed by atoms with E-state index in [0.29, 0.717) is 0 Å². The maximum absolute atomic E-state index is 9.76. The van der Waals surface area contributed by atoms with Crippen molar-refractivity contribution in [3.63, 3.8) is 0 Å². The van der Waals surface area contributed by atoms with E-state index in [0.717, 1.165) is 32.4 Å². The molecule has 2 nitrogen and oxygen atoms in total. The molecule has 1 aliphatic heterocycles.